The Labute approximate surface area is 184 Å². The number of fused-ring (bicyclic) bond motifs is 1. The third-order valence-corrected chi connectivity index (χ3v) is 5.17. The van der Waals surface area contributed by atoms with Crippen molar-refractivity contribution in [2.24, 2.45) is 0 Å². The Bertz CT molecular complexity index is 1250. The summed E-state index contributed by atoms with van der Waals surface area (Å²) in [6.45, 7) is 1.80. The minimum Gasteiger partial charge on any atom is -0.326 e. The lowest BCUT2D eigenvalue weighted by molar-refractivity contribution is -0.115. The Morgan fingerprint density at radius 3 is 2.42 bits per heavy atom. The van der Waals surface area contributed by atoms with E-state index in [1.54, 1.807) is 56.8 Å². The van der Waals surface area contributed by atoms with Gasteiger partial charge >= 0.3 is 0 Å². The summed E-state index contributed by atoms with van der Waals surface area (Å²) in [4.78, 5) is 34.7. The van der Waals surface area contributed by atoms with Crippen LogP contribution in [0, 0.1) is 0 Å². The van der Waals surface area contributed by atoms with Gasteiger partial charge in [-0.2, -0.15) is 0 Å². The fourth-order valence-electron chi connectivity index (χ4n) is 3.14. The van der Waals surface area contributed by atoms with Crippen molar-refractivity contribution < 1.29 is 9.59 Å². The van der Waals surface area contributed by atoms with Crippen LogP contribution in [0.25, 0.3) is 16.9 Å². The lowest BCUT2D eigenvalue weighted by atomic mass is 10.1. The van der Waals surface area contributed by atoms with Gasteiger partial charge in [0.05, 0.1) is 18.1 Å². The van der Waals surface area contributed by atoms with Crippen molar-refractivity contribution in [2.75, 3.05) is 17.3 Å². The molecular weight excluding hydrogens is 414 g/mol. The van der Waals surface area contributed by atoms with Crippen LogP contribution in [0.1, 0.15) is 23.8 Å². The van der Waals surface area contributed by atoms with Crippen LogP contribution >= 0.6 is 11.6 Å². The number of aromatic nitrogens is 3. The second kappa shape index (κ2) is 8.57. The predicted octanol–water partition coefficient (Wildman–Crippen LogP) is 4.67. The average molecular weight is 434 g/mol. The highest BCUT2D eigenvalue weighted by molar-refractivity contribution is 6.30. The lowest BCUT2D eigenvalue weighted by Crippen LogP contribution is -2.27. The Morgan fingerprint density at radius 1 is 1.03 bits per heavy atom. The lowest BCUT2D eigenvalue weighted by Gasteiger charge is -2.17. The first kappa shape index (κ1) is 20.6. The van der Waals surface area contributed by atoms with Gasteiger partial charge in [-0.25, -0.2) is 9.97 Å². The number of anilines is 2. The molecular formula is C23H20ClN5O2. The summed E-state index contributed by atoms with van der Waals surface area (Å²) in [7, 11) is 1.69. The summed E-state index contributed by atoms with van der Waals surface area (Å²) in [5.74, 6) is -0.289. The molecule has 2 heterocycles. The molecule has 31 heavy (non-hydrogen) atoms. The van der Waals surface area contributed by atoms with Gasteiger partial charge in [0.25, 0.3) is 5.91 Å². The minimum atomic E-state index is -0.249. The van der Waals surface area contributed by atoms with Crippen molar-refractivity contribution in [3.63, 3.8) is 0 Å². The Kier molecular flexibility index (Phi) is 5.68. The van der Waals surface area contributed by atoms with E-state index in [2.05, 4.69) is 15.3 Å². The van der Waals surface area contributed by atoms with Crippen LogP contribution in [-0.4, -0.2) is 33.2 Å². The minimum absolute atomic E-state index is 0.0402. The normalized spacial score (nSPS) is 10.8. The molecule has 2 amide bonds. The fraction of sp³-hybridized carbons (Fsp3) is 0.130. The van der Waals surface area contributed by atoms with E-state index < -0.39 is 0 Å². The number of benzene rings is 2. The molecule has 0 bridgehead atoms. The molecule has 0 aliphatic rings. The second-order valence-corrected chi connectivity index (χ2v) is 7.40. The van der Waals surface area contributed by atoms with Crippen molar-refractivity contribution in [2.45, 2.75) is 13.3 Å². The summed E-state index contributed by atoms with van der Waals surface area (Å²) in [5, 5.41) is 3.43. The molecule has 0 atom stereocenters. The summed E-state index contributed by atoms with van der Waals surface area (Å²) in [5.41, 5.74) is 4.07. The number of amides is 2. The van der Waals surface area contributed by atoms with Crippen LogP contribution in [0.2, 0.25) is 5.02 Å². The highest BCUT2D eigenvalue weighted by atomic mass is 35.5. The first-order valence-corrected chi connectivity index (χ1v) is 10.1. The highest BCUT2D eigenvalue weighted by Crippen LogP contribution is 2.24. The van der Waals surface area contributed by atoms with Gasteiger partial charge in [-0.05, 0) is 36.4 Å². The molecule has 4 rings (SSSR count). The summed E-state index contributed by atoms with van der Waals surface area (Å²) >= 11 is 5.94. The molecule has 0 aliphatic carbocycles. The topological polar surface area (TPSA) is 79.6 Å². The molecule has 8 heteroatoms. The molecule has 0 fully saturated rings. The monoisotopic (exact) mass is 433 g/mol. The molecule has 0 saturated carbocycles. The Hall–Kier alpha value is -3.71. The van der Waals surface area contributed by atoms with Gasteiger partial charge in [-0.15, -0.1) is 0 Å². The van der Waals surface area contributed by atoms with Gasteiger partial charge in [0.15, 0.2) is 5.65 Å². The van der Waals surface area contributed by atoms with E-state index in [0.717, 1.165) is 16.9 Å². The maximum atomic E-state index is 13.0. The molecule has 0 saturated heterocycles. The van der Waals surface area contributed by atoms with E-state index in [1.807, 2.05) is 28.7 Å². The Morgan fingerprint density at radius 2 is 1.74 bits per heavy atom. The van der Waals surface area contributed by atoms with Gasteiger partial charge in [0.1, 0.15) is 5.69 Å². The van der Waals surface area contributed by atoms with Gasteiger partial charge in [0.2, 0.25) is 5.91 Å². The number of imidazole rings is 1. The molecule has 156 valence electrons. The zero-order chi connectivity index (χ0) is 22.0. The van der Waals surface area contributed by atoms with Crippen molar-refractivity contribution in [3.05, 3.63) is 77.8 Å². The van der Waals surface area contributed by atoms with E-state index in [0.29, 0.717) is 22.8 Å². The number of carbonyl (C=O) groups excluding carboxylic acids is 2. The fourth-order valence-corrected chi connectivity index (χ4v) is 3.27. The molecule has 4 aromatic rings. The quantitative estimate of drug-likeness (QED) is 0.495. The van der Waals surface area contributed by atoms with E-state index in [9.17, 15) is 9.59 Å². The van der Waals surface area contributed by atoms with E-state index in [-0.39, 0.29) is 17.5 Å². The number of nitrogens with one attached hydrogen (secondary N) is 1. The zero-order valence-electron chi connectivity index (χ0n) is 17.0. The van der Waals surface area contributed by atoms with Gasteiger partial charge < -0.3 is 10.2 Å². The smallest absolute Gasteiger partial charge is 0.278 e. The largest absolute Gasteiger partial charge is 0.326 e. The molecule has 0 radical (unpaired) electrons. The summed E-state index contributed by atoms with van der Waals surface area (Å²) in [6.07, 6.45) is 5.40. The number of rotatable bonds is 5. The molecule has 0 spiro atoms. The average Bonchev–Trinajstić information content (AvgIpc) is 3.22. The van der Waals surface area contributed by atoms with Crippen LogP contribution < -0.4 is 10.2 Å². The van der Waals surface area contributed by atoms with Crippen LogP contribution in [-0.2, 0) is 4.79 Å². The van der Waals surface area contributed by atoms with Crippen LogP contribution in [0.4, 0.5) is 11.4 Å². The van der Waals surface area contributed by atoms with E-state index >= 15 is 0 Å². The molecule has 0 unspecified atom stereocenters. The summed E-state index contributed by atoms with van der Waals surface area (Å²) in [6, 6.07) is 14.5. The van der Waals surface area contributed by atoms with Gasteiger partial charge in [-0.1, -0.05) is 30.7 Å². The maximum Gasteiger partial charge on any atom is 0.278 e. The van der Waals surface area contributed by atoms with Crippen LogP contribution in [0.15, 0.2) is 67.1 Å². The van der Waals surface area contributed by atoms with Gasteiger partial charge in [0, 0.05) is 41.6 Å². The maximum absolute atomic E-state index is 13.0. The SMILES string of the molecule is CCC(=O)Nc1ccc(-c2cnc3cnc(C(=O)N(C)c4ccc(Cl)cc4)cn23)cc1. The third-order valence-electron chi connectivity index (χ3n) is 4.92. The molecule has 0 aliphatic heterocycles. The van der Waals surface area contributed by atoms with Crippen LogP contribution in [0.5, 0.6) is 0 Å². The van der Waals surface area contributed by atoms with Crippen molar-refractivity contribution >= 4 is 40.4 Å². The van der Waals surface area contributed by atoms with Gasteiger partial charge in [-0.3, -0.25) is 14.0 Å². The second-order valence-electron chi connectivity index (χ2n) is 6.96. The molecule has 1 N–H and O–H groups in total. The standard InChI is InChI=1S/C23H20ClN5O2/c1-3-22(30)27-17-8-4-15(5-9-17)20-12-26-21-13-25-19(14-29(20)21)23(31)28(2)18-10-6-16(24)7-11-18/h4-14H,3H2,1-2H3,(H,27,30). The molecule has 2 aromatic carbocycles. The molecule has 2 aromatic heterocycles. The first-order valence-electron chi connectivity index (χ1n) is 9.73. The molecule has 7 nitrogen and oxygen atoms in total. The van der Waals surface area contributed by atoms with E-state index in [4.69, 9.17) is 11.6 Å². The van der Waals surface area contributed by atoms with Crippen molar-refractivity contribution in [3.8, 4) is 11.3 Å². The number of halogens is 1. The third kappa shape index (κ3) is 4.27. The summed E-state index contributed by atoms with van der Waals surface area (Å²) < 4.78 is 1.83. The number of carbonyl (C=O) groups is 2. The van der Waals surface area contributed by atoms with Crippen LogP contribution in [0.3, 0.4) is 0 Å². The predicted molar refractivity (Wildman–Crippen MR) is 122 cm³/mol. The van der Waals surface area contributed by atoms with E-state index in [1.165, 1.54) is 4.90 Å². The van der Waals surface area contributed by atoms with Crippen molar-refractivity contribution in [1.29, 1.82) is 0 Å². The number of hydrogen-bond acceptors (Lipinski definition) is 4. The van der Waals surface area contributed by atoms with Crippen molar-refractivity contribution in [1.82, 2.24) is 14.4 Å². The highest BCUT2D eigenvalue weighted by Gasteiger charge is 2.17. The Balaban J connectivity index is 1.64. The number of nitrogens with zero attached hydrogens (tertiary/aromatic N) is 4. The number of hydrogen-bond donors (Lipinski definition) is 1. The zero-order valence-corrected chi connectivity index (χ0v) is 17.8. The first-order chi connectivity index (χ1) is 15.0.